The van der Waals surface area contributed by atoms with Crippen molar-refractivity contribution in [3.63, 3.8) is 0 Å². The van der Waals surface area contributed by atoms with Gasteiger partial charge in [-0.25, -0.2) is 0 Å². The largest absolute Gasteiger partial charge is 0.313 e. The van der Waals surface area contributed by atoms with Crippen LogP contribution in [0.15, 0.2) is 0 Å². The third kappa shape index (κ3) is 3.73. The minimum Gasteiger partial charge on any atom is -0.313 e. The van der Waals surface area contributed by atoms with Gasteiger partial charge >= 0.3 is 0 Å². The molecule has 32 valence electrons. The number of hydrogen-bond donors (Lipinski definition) is 0. The zero-order valence-corrected chi connectivity index (χ0v) is 3.90. The van der Waals surface area contributed by atoms with Crippen LogP contribution in [-0.4, -0.2) is 13.5 Å². The van der Waals surface area contributed by atoms with Gasteiger partial charge in [0, 0.05) is 0 Å². The van der Waals surface area contributed by atoms with Crippen LogP contribution >= 0.6 is 0 Å². The zero-order chi connectivity index (χ0) is 4.99. The van der Waals surface area contributed by atoms with Crippen molar-refractivity contribution in [3.8, 4) is 0 Å². The Morgan fingerprint density at radius 3 is 2.33 bits per heavy atom. The van der Waals surface area contributed by atoms with E-state index in [2.05, 4.69) is 0 Å². The minimum atomic E-state index is -0.211. The molecule has 0 atom stereocenters. The molecule has 2 heteroatoms. The van der Waals surface area contributed by atoms with Crippen molar-refractivity contribution in [3.05, 3.63) is 0 Å². The second-order valence-corrected chi connectivity index (χ2v) is 1.22. The summed E-state index contributed by atoms with van der Waals surface area (Å²) in [6, 6.07) is 0. The standard InChI is InChI=1S/C4H7BO/c1-2-3-4(5)6/h2-3H2,1H3. The lowest BCUT2D eigenvalue weighted by Crippen LogP contribution is -1.91. The third-order valence-corrected chi connectivity index (χ3v) is 0.496. The summed E-state index contributed by atoms with van der Waals surface area (Å²) in [5.41, 5.74) is -0.211. The van der Waals surface area contributed by atoms with Crippen LogP contribution < -0.4 is 0 Å². The van der Waals surface area contributed by atoms with Gasteiger partial charge in [0.05, 0.1) is 5.68 Å². The van der Waals surface area contributed by atoms with Crippen molar-refractivity contribution in [2.75, 3.05) is 0 Å². The van der Waals surface area contributed by atoms with Crippen LogP contribution in [0.2, 0.25) is 0 Å². The normalized spacial score (nSPS) is 8.17. The van der Waals surface area contributed by atoms with Crippen LogP contribution in [0, 0.1) is 0 Å². The summed E-state index contributed by atoms with van der Waals surface area (Å²) < 4.78 is 0. The Kier molecular flexibility index (Phi) is 2.82. The summed E-state index contributed by atoms with van der Waals surface area (Å²) in [5.74, 6) is 0. The van der Waals surface area contributed by atoms with E-state index in [4.69, 9.17) is 7.85 Å². The molecule has 0 saturated heterocycles. The van der Waals surface area contributed by atoms with Crippen LogP contribution in [0.25, 0.3) is 0 Å². The van der Waals surface area contributed by atoms with Crippen LogP contribution in [0.5, 0.6) is 0 Å². The van der Waals surface area contributed by atoms with Gasteiger partial charge in [-0.15, -0.1) is 0 Å². The maximum atomic E-state index is 9.82. The van der Waals surface area contributed by atoms with Crippen LogP contribution in [0.3, 0.4) is 0 Å². The molecule has 0 aliphatic rings. The van der Waals surface area contributed by atoms with Crippen LogP contribution in [0.1, 0.15) is 19.8 Å². The lowest BCUT2D eigenvalue weighted by molar-refractivity contribution is -0.111. The highest BCUT2D eigenvalue weighted by atomic mass is 16.1. The molecule has 0 saturated carbocycles. The van der Waals surface area contributed by atoms with Crippen LogP contribution in [-0.2, 0) is 4.79 Å². The highest BCUT2D eigenvalue weighted by Gasteiger charge is 1.83. The average Bonchev–Trinajstić information content (AvgIpc) is 1.35. The molecule has 1 nitrogen and oxygen atoms in total. The van der Waals surface area contributed by atoms with Crippen molar-refractivity contribution in [2.24, 2.45) is 0 Å². The Bertz CT molecular complexity index is 51.5. The van der Waals surface area contributed by atoms with E-state index in [1.807, 2.05) is 6.92 Å². The van der Waals surface area contributed by atoms with E-state index in [0.29, 0.717) is 6.42 Å². The summed E-state index contributed by atoms with van der Waals surface area (Å²) in [6.07, 6.45) is 1.37. The first-order valence-corrected chi connectivity index (χ1v) is 2.05. The molecule has 0 N–H and O–H groups in total. The first kappa shape index (κ1) is 5.73. The Hall–Kier alpha value is -0.265. The second kappa shape index (κ2) is 2.95. The average molecular weight is 81.9 g/mol. The highest BCUT2D eigenvalue weighted by molar-refractivity contribution is 6.57. The molecule has 0 aromatic heterocycles. The fourth-order valence-corrected chi connectivity index (χ4v) is 0.246. The van der Waals surface area contributed by atoms with Gasteiger partial charge in [-0.1, -0.05) is 13.3 Å². The molecule has 0 amide bonds. The summed E-state index contributed by atoms with van der Waals surface area (Å²) in [7, 11) is 4.76. The molecule has 0 fully saturated rings. The van der Waals surface area contributed by atoms with E-state index in [1.165, 1.54) is 0 Å². The lowest BCUT2D eigenvalue weighted by atomic mass is 9.99. The molecule has 0 bridgehead atoms. The quantitative estimate of drug-likeness (QED) is 0.443. The minimum absolute atomic E-state index is 0.211. The van der Waals surface area contributed by atoms with Crippen molar-refractivity contribution < 1.29 is 4.79 Å². The number of carbonyl (C=O) groups excluding carboxylic acids is 1. The van der Waals surface area contributed by atoms with E-state index in [9.17, 15) is 4.79 Å². The van der Waals surface area contributed by atoms with Crippen molar-refractivity contribution >= 4 is 13.5 Å². The molecule has 0 aromatic rings. The predicted molar refractivity (Wildman–Crippen MR) is 25.7 cm³/mol. The molecule has 6 heavy (non-hydrogen) atoms. The maximum Gasteiger partial charge on any atom is 0.167 e. The molecule has 0 aromatic carbocycles. The van der Waals surface area contributed by atoms with Crippen molar-refractivity contribution in [1.82, 2.24) is 0 Å². The van der Waals surface area contributed by atoms with Gasteiger partial charge in [0.15, 0.2) is 7.85 Å². The summed E-state index contributed by atoms with van der Waals surface area (Å²) in [6.45, 7) is 1.92. The van der Waals surface area contributed by atoms with Gasteiger partial charge in [-0.05, 0) is 6.42 Å². The molecule has 0 rings (SSSR count). The molecule has 0 spiro atoms. The number of rotatable bonds is 2. The second-order valence-electron chi connectivity index (χ2n) is 1.22. The van der Waals surface area contributed by atoms with Crippen molar-refractivity contribution in [1.29, 1.82) is 0 Å². The Labute approximate surface area is 39.1 Å². The van der Waals surface area contributed by atoms with E-state index in [-0.39, 0.29) is 5.68 Å². The Balaban J connectivity index is 2.83. The highest BCUT2D eigenvalue weighted by Crippen LogP contribution is 1.81. The zero-order valence-electron chi connectivity index (χ0n) is 3.90. The summed E-state index contributed by atoms with van der Waals surface area (Å²) >= 11 is 0. The van der Waals surface area contributed by atoms with Gasteiger partial charge in [-0.3, -0.25) is 0 Å². The number of hydrogen-bond acceptors (Lipinski definition) is 1. The van der Waals surface area contributed by atoms with E-state index in [0.717, 1.165) is 6.42 Å². The Morgan fingerprint density at radius 1 is 1.83 bits per heavy atom. The number of carbonyl (C=O) groups is 1. The van der Waals surface area contributed by atoms with Crippen LogP contribution in [0.4, 0.5) is 0 Å². The summed E-state index contributed by atoms with van der Waals surface area (Å²) in [4.78, 5) is 9.82. The van der Waals surface area contributed by atoms with Crippen molar-refractivity contribution in [2.45, 2.75) is 19.8 Å². The molecule has 0 aliphatic carbocycles. The molecule has 2 radical (unpaired) electrons. The predicted octanol–water partition coefficient (Wildman–Crippen LogP) is 0.482. The monoisotopic (exact) mass is 82.1 g/mol. The molecule has 0 heterocycles. The van der Waals surface area contributed by atoms with Gasteiger partial charge in [0.25, 0.3) is 0 Å². The fourth-order valence-electron chi connectivity index (χ4n) is 0.246. The third-order valence-electron chi connectivity index (χ3n) is 0.496. The molecular formula is C4H7BO. The summed E-state index contributed by atoms with van der Waals surface area (Å²) in [5, 5.41) is 0. The first-order chi connectivity index (χ1) is 2.77. The van der Waals surface area contributed by atoms with Gasteiger partial charge in [-0.2, -0.15) is 0 Å². The van der Waals surface area contributed by atoms with E-state index < -0.39 is 0 Å². The van der Waals surface area contributed by atoms with Gasteiger partial charge in [0.1, 0.15) is 0 Å². The lowest BCUT2D eigenvalue weighted by Gasteiger charge is -1.81. The van der Waals surface area contributed by atoms with E-state index in [1.54, 1.807) is 0 Å². The molecule has 0 aliphatic heterocycles. The first-order valence-electron chi connectivity index (χ1n) is 2.05. The topological polar surface area (TPSA) is 17.1 Å². The van der Waals surface area contributed by atoms with E-state index >= 15 is 0 Å². The molecular weight excluding hydrogens is 74.9 g/mol. The fraction of sp³-hybridized carbons (Fsp3) is 0.750. The Morgan fingerprint density at radius 2 is 2.33 bits per heavy atom. The maximum absolute atomic E-state index is 9.82. The van der Waals surface area contributed by atoms with Gasteiger partial charge < -0.3 is 4.79 Å². The SMILES string of the molecule is [B]C(=O)CCC. The smallest absolute Gasteiger partial charge is 0.167 e. The molecule has 0 unspecified atom stereocenters. The van der Waals surface area contributed by atoms with Gasteiger partial charge in [0.2, 0.25) is 0 Å².